The highest BCUT2D eigenvalue weighted by Gasteiger charge is 2.08. The first kappa shape index (κ1) is 15.0. The second-order valence-electron chi connectivity index (χ2n) is 5.24. The van der Waals surface area contributed by atoms with Crippen LogP contribution in [0.15, 0.2) is 42.6 Å². The first-order valence-electron chi connectivity index (χ1n) is 7.40. The van der Waals surface area contributed by atoms with Gasteiger partial charge in [0.1, 0.15) is 11.6 Å². The summed E-state index contributed by atoms with van der Waals surface area (Å²) in [6, 6.07) is 11.3. The van der Waals surface area contributed by atoms with Crippen molar-refractivity contribution in [2.75, 3.05) is 13.7 Å². The zero-order valence-corrected chi connectivity index (χ0v) is 13.1. The summed E-state index contributed by atoms with van der Waals surface area (Å²) in [5, 5.41) is 10.9. The van der Waals surface area contributed by atoms with E-state index in [0.717, 1.165) is 23.6 Å². The minimum atomic E-state index is -0.110. The van der Waals surface area contributed by atoms with Crippen LogP contribution in [0.4, 0.5) is 0 Å². The molecule has 0 aliphatic carbocycles. The van der Waals surface area contributed by atoms with Gasteiger partial charge < -0.3 is 10.1 Å². The van der Waals surface area contributed by atoms with Crippen LogP contribution in [0.1, 0.15) is 21.7 Å². The molecule has 1 aromatic carbocycles. The van der Waals surface area contributed by atoms with Crippen LogP contribution in [-0.4, -0.2) is 34.2 Å². The van der Waals surface area contributed by atoms with Crippen molar-refractivity contribution in [1.29, 1.82) is 0 Å². The Morgan fingerprint density at radius 3 is 2.74 bits per heavy atom. The van der Waals surface area contributed by atoms with Gasteiger partial charge in [-0.25, -0.2) is 0 Å². The molecule has 6 heteroatoms. The molecule has 3 rings (SSSR count). The molecule has 3 aromatic rings. The quantitative estimate of drug-likeness (QED) is 0.783. The molecule has 0 aliphatic heterocycles. The highest BCUT2D eigenvalue weighted by Crippen LogP contribution is 2.11. The average Bonchev–Trinajstić information content (AvgIpc) is 2.96. The third-order valence-corrected chi connectivity index (χ3v) is 3.70. The Bertz CT molecular complexity index is 824. The summed E-state index contributed by atoms with van der Waals surface area (Å²) in [6.45, 7) is 2.44. The molecule has 0 fully saturated rings. The van der Waals surface area contributed by atoms with Crippen molar-refractivity contribution in [3.05, 3.63) is 59.5 Å². The molecular weight excluding hydrogens is 292 g/mol. The van der Waals surface area contributed by atoms with Gasteiger partial charge in [-0.1, -0.05) is 12.1 Å². The number of amides is 1. The number of nitrogens with one attached hydrogen (secondary N) is 1. The minimum absolute atomic E-state index is 0.110. The Hall–Kier alpha value is -2.89. The van der Waals surface area contributed by atoms with Crippen LogP contribution in [0, 0.1) is 6.92 Å². The third kappa shape index (κ3) is 3.31. The molecule has 0 unspecified atom stereocenters. The highest BCUT2D eigenvalue weighted by molar-refractivity contribution is 5.95. The maximum absolute atomic E-state index is 12.2. The number of carbonyl (C=O) groups is 1. The monoisotopic (exact) mass is 310 g/mol. The van der Waals surface area contributed by atoms with E-state index in [1.807, 2.05) is 41.8 Å². The number of benzene rings is 1. The van der Waals surface area contributed by atoms with E-state index in [1.54, 1.807) is 19.2 Å². The summed E-state index contributed by atoms with van der Waals surface area (Å²) in [6.07, 6.45) is 2.57. The standard InChI is InChI=1S/C17H18N4O2/c1-12-19-20-16-11-14(8-10-21(12)16)17(22)18-9-7-13-3-5-15(23-2)6-4-13/h3-6,8,10-11H,7,9H2,1-2H3,(H,18,22). The lowest BCUT2D eigenvalue weighted by atomic mass is 10.1. The number of hydrogen-bond acceptors (Lipinski definition) is 4. The van der Waals surface area contributed by atoms with Crippen molar-refractivity contribution in [2.45, 2.75) is 13.3 Å². The number of fused-ring (bicyclic) bond motifs is 1. The summed E-state index contributed by atoms with van der Waals surface area (Å²) in [5.74, 6) is 1.52. The Morgan fingerprint density at radius 1 is 1.22 bits per heavy atom. The van der Waals surface area contributed by atoms with Crippen molar-refractivity contribution in [1.82, 2.24) is 19.9 Å². The highest BCUT2D eigenvalue weighted by atomic mass is 16.5. The molecule has 0 bridgehead atoms. The molecule has 0 radical (unpaired) electrons. The van der Waals surface area contributed by atoms with Gasteiger partial charge in [0, 0.05) is 18.3 Å². The SMILES string of the molecule is COc1ccc(CCNC(=O)c2ccn3c(C)nnc3c2)cc1. The molecule has 2 aromatic heterocycles. The number of methoxy groups -OCH3 is 1. The summed E-state index contributed by atoms with van der Waals surface area (Å²) in [4.78, 5) is 12.2. The van der Waals surface area contributed by atoms with Crippen LogP contribution >= 0.6 is 0 Å². The number of nitrogens with zero attached hydrogens (tertiary/aromatic N) is 3. The zero-order chi connectivity index (χ0) is 16.2. The first-order chi connectivity index (χ1) is 11.2. The molecule has 0 saturated heterocycles. The Morgan fingerprint density at radius 2 is 2.00 bits per heavy atom. The van der Waals surface area contributed by atoms with Gasteiger partial charge in [-0.2, -0.15) is 0 Å². The second-order valence-corrected chi connectivity index (χ2v) is 5.24. The fraction of sp³-hybridized carbons (Fsp3) is 0.235. The van der Waals surface area contributed by atoms with E-state index in [1.165, 1.54) is 0 Å². The maximum atomic E-state index is 12.2. The molecule has 1 N–H and O–H groups in total. The summed E-state index contributed by atoms with van der Waals surface area (Å²) < 4.78 is 6.97. The van der Waals surface area contributed by atoms with Crippen molar-refractivity contribution in [3.8, 4) is 5.75 Å². The van der Waals surface area contributed by atoms with Gasteiger partial charge >= 0.3 is 0 Å². The number of ether oxygens (including phenoxy) is 1. The Balaban J connectivity index is 1.59. The van der Waals surface area contributed by atoms with Crippen LogP contribution < -0.4 is 10.1 Å². The van der Waals surface area contributed by atoms with Gasteiger partial charge in [-0.05, 0) is 43.2 Å². The maximum Gasteiger partial charge on any atom is 0.251 e. The van der Waals surface area contributed by atoms with E-state index < -0.39 is 0 Å². The largest absolute Gasteiger partial charge is 0.497 e. The third-order valence-electron chi connectivity index (χ3n) is 3.70. The number of rotatable bonds is 5. The summed E-state index contributed by atoms with van der Waals surface area (Å²) >= 11 is 0. The molecule has 118 valence electrons. The molecule has 0 atom stereocenters. The predicted octanol–water partition coefficient (Wildman–Crippen LogP) is 2.02. The summed E-state index contributed by atoms with van der Waals surface area (Å²) in [7, 11) is 1.64. The predicted molar refractivity (Wildman–Crippen MR) is 86.8 cm³/mol. The lowest BCUT2D eigenvalue weighted by molar-refractivity contribution is 0.0954. The van der Waals surface area contributed by atoms with Crippen molar-refractivity contribution in [3.63, 3.8) is 0 Å². The van der Waals surface area contributed by atoms with E-state index in [0.29, 0.717) is 17.8 Å². The second kappa shape index (κ2) is 6.48. The number of aromatic nitrogens is 3. The van der Waals surface area contributed by atoms with E-state index in [4.69, 9.17) is 4.74 Å². The van der Waals surface area contributed by atoms with Crippen molar-refractivity contribution in [2.24, 2.45) is 0 Å². The van der Waals surface area contributed by atoms with E-state index >= 15 is 0 Å². The normalized spacial score (nSPS) is 10.7. The van der Waals surface area contributed by atoms with Crippen molar-refractivity contribution >= 4 is 11.6 Å². The molecular formula is C17H18N4O2. The molecule has 1 amide bonds. The molecule has 2 heterocycles. The van der Waals surface area contributed by atoms with Crippen LogP contribution in [-0.2, 0) is 6.42 Å². The van der Waals surface area contributed by atoms with Crippen molar-refractivity contribution < 1.29 is 9.53 Å². The van der Waals surface area contributed by atoms with Gasteiger partial charge in [-0.3, -0.25) is 9.20 Å². The number of carbonyl (C=O) groups excluding carboxylic acids is 1. The van der Waals surface area contributed by atoms with Gasteiger partial charge in [0.25, 0.3) is 5.91 Å². The fourth-order valence-electron chi connectivity index (χ4n) is 2.37. The first-order valence-corrected chi connectivity index (χ1v) is 7.40. The lowest BCUT2D eigenvalue weighted by Crippen LogP contribution is -2.25. The van der Waals surface area contributed by atoms with Gasteiger partial charge in [-0.15, -0.1) is 10.2 Å². The van der Waals surface area contributed by atoms with Gasteiger partial charge in [0.2, 0.25) is 0 Å². The van der Waals surface area contributed by atoms with Crippen LogP contribution in [0.5, 0.6) is 5.75 Å². The van der Waals surface area contributed by atoms with E-state index in [-0.39, 0.29) is 5.91 Å². The van der Waals surface area contributed by atoms with Crippen LogP contribution in [0.3, 0.4) is 0 Å². The van der Waals surface area contributed by atoms with Crippen LogP contribution in [0.25, 0.3) is 5.65 Å². The zero-order valence-electron chi connectivity index (χ0n) is 13.1. The average molecular weight is 310 g/mol. The number of hydrogen-bond donors (Lipinski definition) is 1. The van der Waals surface area contributed by atoms with Gasteiger partial charge in [0.05, 0.1) is 7.11 Å². The molecule has 0 saturated carbocycles. The smallest absolute Gasteiger partial charge is 0.251 e. The fourth-order valence-corrected chi connectivity index (χ4v) is 2.37. The molecule has 0 aliphatic rings. The van der Waals surface area contributed by atoms with Crippen LogP contribution in [0.2, 0.25) is 0 Å². The molecule has 6 nitrogen and oxygen atoms in total. The number of aryl methyl sites for hydroxylation is 1. The topological polar surface area (TPSA) is 68.5 Å². The molecule has 23 heavy (non-hydrogen) atoms. The molecule has 0 spiro atoms. The minimum Gasteiger partial charge on any atom is -0.497 e. The Kier molecular flexibility index (Phi) is 4.23. The Labute approximate surface area is 134 Å². The van der Waals surface area contributed by atoms with E-state index in [9.17, 15) is 4.79 Å². The summed E-state index contributed by atoms with van der Waals surface area (Å²) in [5.41, 5.74) is 2.40. The number of pyridine rings is 1. The van der Waals surface area contributed by atoms with E-state index in [2.05, 4.69) is 15.5 Å². The van der Waals surface area contributed by atoms with Gasteiger partial charge in [0.15, 0.2) is 5.65 Å². The lowest BCUT2D eigenvalue weighted by Gasteiger charge is -2.06.